The van der Waals surface area contributed by atoms with Crippen molar-refractivity contribution in [1.82, 2.24) is 9.55 Å². The van der Waals surface area contributed by atoms with Crippen LogP contribution in [0.15, 0.2) is 39.5 Å². The van der Waals surface area contributed by atoms with Crippen molar-refractivity contribution in [2.24, 2.45) is 0 Å². The average molecular weight is 230 g/mol. The molecule has 0 saturated carbocycles. The number of phenolic OH excluding ortho intramolecular Hbond substituents is 1. The maximum absolute atomic E-state index is 11.8. The summed E-state index contributed by atoms with van der Waals surface area (Å²) in [5.41, 5.74) is 0.950. The molecule has 5 heteroatoms. The Kier molecular flexibility index (Phi) is 1.89. The predicted molar refractivity (Wildman–Crippen MR) is 62.6 cm³/mol. The number of imidazole rings is 1. The quantitative estimate of drug-likeness (QED) is 0.671. The van der Waals surface area contributed by atoms with Crippen molar-refractivity contribution >= 4 is 11.0 Å². The highest BCUT2D eigenvalue weighted by Gasteiger charge is 2.11. The molecular weight excluding hydrogens is 220 g/mol. The van der Waals surface area contributed by atoms with Crippen LogP contribution in [0.5, 0.6) is 5.75 Å². The third kappa shape index (κ3) is 1.44. The molecule has 2 N–H and O–H groups in total. The zero-order valence-electron chi connectivity index (χ0n) is 9.10. The standard InChI is InChI=1S/C12H10N2O3/c1-7-2-5-11(17-7)14-10-6-8(15)3-4-9(10)13-12(14)16/h2-6,15H,1H3,(H,13,16). The second kappa shape index (κ2) is 3.28. The molecule has 0 fully saturated rings. The number of fused-ring (bicyclic) bond motifs is 1. The number of nitrogens with zero attached hydrogens (tertiary/aromatic N) is 1. The largest absolute Gasteiger partial charge is 0.508 e. The number of rotatable bonds is 1. The fraction of sp³-hybridized carbons (Fsp3) is 0.0833. The number of nitrogens with one attached hydrogen (secondary N) is 1. The van der Waals surface area contributed by atoms with E-state index in [0.717, 1.165) is 5.76 Å². The van der Waals surface area contributed by atoms with Gasteiger partial charge in [0.2, 0.25) is 5.88 Å². The molecule has 1 aromatic carbocycles. The topological polar surface area (TPSA) is 71.2 Å². The van der Waals surface area contributed by atoms with E-state index in [0.29, 0.717) is 16.9 Å². The highest BCUT2D eigenvalue weighted by Crippen LogP contribution is 2.21. The monoisotopic (exact) mass is 230 g/mol. The summed E-state index contributed by atoms with van der Waals surface area (Å²) >= 11 is 0. The van der Waals surface area contributed by atoms with Crippen molar-refractivity contribution in [2.45, 2.75) is 6.92 Å². The van der Waals surface area contributed by atoms with Crippen LogP contribution in [0.1, 0.15) is 5.76 Å². The van der Waals surface area contributed by atoms with Gasteiger partial charge in [-0.15, -0.1) is 0 Å². The van der Waals surface area contributed by atoms with Gasteiger partial charge >= 0.3 is 5.69 Å². The summed E-state index contributed by atoms with van der Waals surface area (Å²) < 4.78 is 6.81. The second-order valence-corrected chi connectivity index (χ2v) is 3.85. The Morgan fingerprint density at radius 3 is 2.82 bits per heavy atom. The van der Waals surface area contributed by atoms with Gasteiger partial charge in [-0.3, -0.25) is 0 Å². The molecule has 3 rings (SSSR count). The molecule has 2 heterocycles. The summed E-state index contributed by atoms with van der Waals surface area (Å²) in [6.45, 7) is 1.81. The molecule has 0 atom stereocenters. The Hall–Kier alpha value is -2.43. The lowest BCUT2D eigenvalue weighted by molar-refractivity contribution is 0.475. The molecule has 0 saturated heterocycles. The van der Waals surface area contributed by atoms with Crippen molar-refractivity contribution in [3.8, 4) is 11.6 Å². The summed E-state index contributed by atoms with van der Waals surface area (Å²) in [4.78, 5) is 14.5. The first kappa shape index (κ1) is 9.77. The van der Waals surface area contributed by atoms with E-state index in [-0.39, 0.29) is 11.4 Å². The van der Waals surface area contributed by atoms with Gasteiger partial charge < -0.3 is 14.5 Å². The molecule has 0 aliphatic rings. The first-order valence-corrected chi connectivity index (χ1v) is 5.16. The van der Waals surface area contributed by atoms with Crippen molar-refractivity contribution < 1.29 is 9.52 Å². The molecule has 0 aliphatic carbocycles. The SMILES string of the molecule is Cc1ccc(-n2c(=O)[nH]c3ccc(O)cc32)o1. The summed E-state index contributed by atoms with van der Waals surface area (Å²) in [5, 5.41) is 9.46. The first-order valence-electron chi connectivity index (χ1n) is 5.16. The molecule has 17 heavy (non-hydrogen) atoms. The Bertz CT molecular complexity index is 749. The predicted octanol–water partition coefficient (Wildman–Crippen LogP) is 1.93. The maximum atomic E-state index is 11.8. The van der Waals surface area contributed by atoms with Crippen LogP contribution in [0.25, 0.3) is 16.9 Å². The van der Waals surface area contributed by atoms with E-state index in [2.05, 4.69) is 4.98 Å². The minimum absolute atomic E-state index is 0.105. The molecule has 0 bridgehead atoms. The second-order valence-electron chi connectivity index (χ2n) is 3.85. The van der Waals surface area contributed by atoms with Crippen LogP contribution in [0.4, 0.5) is 0 Å². The molecule has 0 radical (unpaired) electrons. The van der Waals surface area contributed by atoms with E-state index in [9.17, 15) is 9.90 Å². The van der Waals surface area contributed by atoms with Crippen LogP contribution < -0.4 is 5.69 Å². The molecule has 0 amide bonds. The Labute approximate surface area is 95.9 Å². The lowest BCUT2D eigenvalue weighted by Gasteiger charge is -1.98. The summed E-state index contributed by atoms with van der Waals surface area (Å²) in [5.74, 6) is 1.26. The van der Waals surface area contributed by atoms with Gasteiger partial charge in [-0.1, -0.05) is 0 Å². The molecule has 3 aromatic rings. The van der Waals surface area contributed by atoms with Gasteiger partial charge in [0.25, 0.3) is 0 Å². The van der Waals surface area contributed by atoms with Crippen LogP contribution in [0.2, 0.25) is 0 Å². The Balaban J connectivity index is 2.39. The minimum Gasteiger partial charge on any atom is -0.508 e. The van der Waals surface area contributed by atoms with Crippen LogP contribution in [-0.2, 0) is 0 Å². The van der Waals surface area contributed by atoms with Gasteiger partial charge in [0, 0.05) is 12.1 Å². The third-order valence-corrected chi connectivity index (χ3v) is 2.61. The average Bonchev–Trinajstić information content (AvgIpc) is 2.81. The van der Waals surface area contributed by atoms with Gasteiger partial charge in [0.1, 0.15) is 11.5 Å². The van der Waals surface area contributed by atoms with Gasteiger partial charge in [-0.2, -0.15) is 0 Å². The Morgan fingerprint density at radius 2 is 2.12 bits per heavy atom. The molecule has 0 aliphatic heterocycles. The van der Waals surface area contributed by atoms with Gasteiger partial charge in [0.05, 0.1) is 11.0 Å². The van der Waals surface area contributed by atoms with Crippen molar-refractivity contribution in [1.29, 1.82) is 0 Å². The van der Waals surface area contributed by atoms with Crippen molar-refractivity contribution in [3.63, 3.8) is 0 Å². The number of aryl methyl sites for hydroxylation is 1. The number of H-pyrrole nitrogens is 1. The summed E-state index contributed by atoms with van der Waals surface area (Å²) in [6, 6.07) is 8.19. The summed E-state index contributed by atoms with van der Waals surface area (Å²) in [7, 11) is 0. The Morgan fingerprint density at radius 1 is 1.29 bits per heavy atom. The van der Waals surface area contributed by atoms with Crippen LogP contribution in [0, 0.1) is 6.92 Å². The van der Waals surface area contributed by atoms with Crippen LogP contribution >= 0.6 is 0 Å². The van der Waals surface area contributed by atoms with Crippen molar-refractivity contribution in [2.75, 3.05) is 0 Å². The molecule has 0 spiro atoms. The molecule has 5 nitrogen and oxygen atoms in total. The number of hydrogen-bond acceptors (Lipinski definition) is 3. The van der Waals surface area contributed by atoms with Crippen LogP contribution in [-0.4, -0.2) is 14.7 Å². The lowest BCUT2D eigenvalue weighted by atomic mass is 10.3. The fourth-order valence-electron chi connectivity index (χ4n) is 1.85. The number of aromatic amines is 1. The third-order valence-electron chi connectivity index (χ3n) is 2.61. The highest BCUT2D eigenvalue weighted by molar-refractivity contribution is 5.78. The van der Waals surface area contributed by atoms with E-state index in [1.807, 2.05) is 0 Å². The highest BCUT2D eigenvalue weighted by atomic mass is 16.4. The minimum atomic E-state index is -0.292. The van der Waals surface area contributed by atoms with E-state index < -0.39 is 0 Å². The zero-order chi connectivity index (χ0) is 12.0. The number of hydrogen-bond donors (Lipinski definition) is 2. The molecule has 2 aromatic heterocycles. The first-order chi connectivity index (χ1) is 8.15. The smallest absolute Gasteiger partial charge is 0.333 e. The maximum Gasteiger partial charge on any atom is 0.333 e. The van der Waals surface area contributed by atoms with E-state index in [1.54, 1.807) is 25.1 Å². The normalized spacial score (nSPS) is 11.1. The van der Waals surface area contributed by atoms with E-state index in [4.69, 9.17) is 4.42 Å². The van der Waals surface area contributed by atoms with Gasteiger partial charge in [-0.25, -0.2) is 9.36 Å². The fourth-order valence-corrected chi connectivity index (χ4v) is 1.85. The zero-order valence-corrected chi connectivity index (χ0v) is 9.10. The lowest BCUT2D eigenvalue weighted by Crippen LogP contribution is -2.13. The number of benzene rings is 1. The molecular formula is C12H10N2O3. The molecule has 86 valence electrons. The van der Waals surface area contributed by atoms with Crippen molar-refractivity contribution in [3.05, 3.63) is 46.6 Å². The summed E-state index contributed by atoms with van der Waals surface area (Å²) in [6.07, 6.45) is 0. The number of furan rings is 1. The van der Waals surface area contributed by atoms with E-state index in [1.165, 1.54) is 16.7 Å². The van der Waals surface area contributed by atoms with Crippen LogP contribution in [0.3, 0.4) is 0 Å². The number of phenols is 1. The van der Waals surface area contributed by atoms with Gasteiger partial charge in [-0.05, 0) is 25.1 Å². The number of aromatic nitrogens is 2. The molecule has 0 unspecified atom stereocenters. The van der Waals surface area contributed by atoms with E-state index >= 15 is 0 Å². The number of aromatic hydroxyl groups is 1. The van der Waals surface area contributed by atoms with Gasteiger partial charge in [0.15, 0.2) is 0 Å².